The Morgan fingerprint density at radius 3 is 2.44 bits per heavy atom. The summed E-state index contributed by atoms with van der Waals surface area (Å²) in [5.74, 6) is 0.470. The second-order valence-corrected chi connectivity index (χ2v) is 7.74. The third kappa shape index (κ3) is 4.55. The van der Waals surface area contributed by atoms with Crippen LogP contribution in [-0.4, -0.2) is 17.0 Å². The van der Waals surface area contributed by atoms with E-state index in [4.69, 9.17) is 4.74 Å². The van der Waals surface area contributed by atoms with E-state index in [9.17, 15) is 4.79 Å². The molecule has 3 rings (SSSR count). The van der Waals surface area contributed by atoms with Crippen LogP contribution in [0.15, 0.2) is 41.8 Å². The Morgan fingerprint density at radius 1 is 1.07 bits per heavy atom. The molecule has 27 heavy (non-hydrogen) atoms. The fraction of sp³-hybridized carbons (Fsp3) is 0.273. The summed E-state index contributed by atoms with van der Waals surface area (Å²) in [6.07, 6.45) is -0.609. The van der Waals surface area contributed by atoms with Crippen molar-refractivity contribution in [2.45, 2.75) is 40.7 Å². The summed E-state index contributed by atoms with van der Waals surface area (Å²) < 4.78 is 5.74. The van der Waals surface area contributed by atoms with Crippen LogP contribution in [0.25, 0.3) is 11.3 Å². The molecule has 0 saturated heterocycles. The molecular weight excluding hydrogens is 356 g/mol. The van der Waals surface area contributed by atoms with Gasteiger partial charge in [0.05, 0.1) is 5.69 Å². The lowest BCUT2D eigenvalue weighted by molar-refractivity contribution is -0.122. The van der Waals surface area contributed by atoms with E-state index in [1.807, 2.05) is 36.6 Å². The summed E-state index contributed by atoms with van der Waals surface area (Å²) in [4.78, 5) is 17.1. The molecule has 4 nitrogen and oxygen atoms in total. The highest BCUT2D eigenvalue weighted by molar-refractivity contribution is 7.14. The van der Waals surface area contributed by atoms with Crippen molar-refractivity contribution in [3.8, 4) is 17.0 Å². The zero-order valence-electron chi connectivity index (χ0n) is 16.3. The Labute approximate surface area is 164 Å². The number of ether oxygens (including phenoxy) is 1. The fourth-order valence-corrected chi connectivity index (χ4v) is 3.89. The first-order valence-corrected chi connectivity index (χ1v) is 9.79. The van der Waals surface area contributed by atoms with Gasteiger partial charge in [0.25, 0.3) is 5.91 Å². The van der Waals surface area contributed by atoms with Gasteiger partial charge in [-0.2, -0.15) is 0 Å². The first-order chi connectivity index (χ1) is 12.8. The second kappa shape index (κ2) is 7.92. The van der Waals surface area contributed by atoms with Gasteiger partial charge in [-0.15, -0.1) is 11.3 Å². The minimum Gasteiger partial charge on any atom is -0.481 e. The van der Waals surface area contributed by atoms with E-state index < -0.39 is 6.10 Å². The van der Waals surface area contributed by atoms with Crippen LogP contribution in [0.1, 0.15) is 29.2 Å². The number of nitrogens with one attached hydrogen (secondary N) is 1. The first-order valence-electron chi connectivity index (χ1n) is 8.91. The average molecular weight is 381 g/mol. The number of anilines is 1. The maximum Gasteiger partial charge on any atom is 0.266 e. The van der Waals surface area contributed by atoms with E-state index in [1.54, 1.807) is 6.92 Å². The molecule has 0 fully saturated rings. The molecule has 0 bridgehead atoms. The van der Waals surface area contributed by atoms with Crippen LogP contribution in [0.3, 0.4) is 0 Å². The summed E-state index contributed by atoms with van der Waals surface area (Å²) in [6, 6.07) is 12.0. The average Bonchev–Trinajstić information content (AvgIpc) is 3.01. The van der Waals surface area contributed by atoms with E-state index in [1.165, 1.54) is 28.0 Å². The van der Waals surface area contributed by atoms with Crippen molar-refractivity contribution < 1.29 is 9.53 Å². The van der Waals surface area contributed by atoms with E-state index in [2.05, 4.69) is 43.2 Å². The lowest BCUT2D eigenvalue weighted by Gasteiger charge is -2.14. The summed E-state index contributed by atoms with van der Waals surface area (Å²) in [6.45, 7) is 9.99. The lowest BCUT2D eigenvalue weighted by Crippen LogP contribution is -2.30. The number of hydrogen-bond acceptors (Lipinski definition) is 4. The molecule has 0 spiro atoms. The predicted molar refractivity (Wildman–Crippen MR) is 112 cm³/mol. The van der Waals surface area contributed by atoms with Gasteiger partial charge in [-0.05, 0) is 63.4 Å². The minimum absolute atomic E-state index is 0.213. The zero-order chi connectivity index (χ0) is 19.6. The third-order valence-electron chi connectivity index (χ3n) is 4.34. The molecule has 0 unspecified atom stereocenters. The summed E-state index contributed by atoms with van der Waals surface area (Å²) in [5, 5.41) is 5.42. The monoisotopic (exact) mass is 380 g/mol. The molecule has 1 N–H and O–H groups in total. The van der Waals surface area contributed by atoms with Gasteiger partial charge in [0.1, 0.15) is 5.75 Å². The van der Waals surface area contributed by atoms with Crippen molar-refractivity contribution in [2.24, 2.45) is 0 Å². The Kier molecular flexibility index (Phi) is 5.61. The molecule has 1 aromatic heterocycles. The van der Waals surface area contributed by atoms with Crippen molar-refractivity contribution in [1.82, 2.24) is 4.98 Å². The standard InChI is InChI=1S/C22H24N2O2S/c1-13-7-6-8-18(11-13)26-17(5)21(25)24-22-23-19(12-27-22)20-15(3)9-14(2)10-16(20)4/h6-12,17H,1-5H3,(H,23,24,25)/t17-/m0/s1. The maximum atomic E-state index is 12.5. The molecular formula is C22H24N2O2S. The van der Waals surface area contributed by atoms with Gasteiger partial charge in [0.15, 0.2) is 11.2 Å². The number of carbonyl (C=O) groups excluding carboxylic acids is 1. The normalized spacial score (nSPS) is 11.9. The molecule has 5 heteroatoms. The van der Waals surface area contributed by atoms with Crippen LogP contribution in [-0.2, 0) is 4.79 Å². The van der Waals surface area contributed by atoms with Crippen LogP contribution < -0.4 is 10.1 Å². The van der Waals surface area contributed by atoms with Crippen molar-refractivity contribution in [2.75, 3.05) is 5.32 Å². The Morgan fingerprint density at radius 2 is 1.78 bits per heavy atom. The number of nitrogens with zero attached hydrogens (tertiary/aromatic N) is 1. The lowest BCUT2D eigenvalue weighted by atomic mass is 9.98. The quantitative estimate of drug-likeness (QED) is 0.640. The summed E-state index contributed by atoms with van der Waals surface area (Å²) in [7, 11) is 0. The summed E-state index contributed by atoms with van der Waals surface area (Å²) >= 11 is 1.42. The molecule has 1 heterocycles. The Hall–Kier alpha value is -2.66. The van der Waals surface area contributed by atoms with Gasteiger partial charge in [0, 0.05) is 10.9 Å². The van der Waals surface area contributed by atoms with E-state index in [0.29, 0.717) is 10.9 Å². The minimum atomic E-state index is -0.609. The van der Waals surface area contributed by atoms with Crippen LogP contribution in [0.4, 0.5) is 5.13 Å². The fourth-order valence-electron chi connectivity index (χ4n) is 3.18. The number of carbonyl (C=O) groups is 1. The first kappa shape index (κ1) is 19.1. The van der Waals surface area contributed by atoms with Crippen molar-refractivity contribution in [1.29, 1.82) is 0 Å². The molecule has 0 saturated carbocycles. The van der Waals surface area contributed by atoms with E-state index in [-0.39, 0.29) is 5.91 Å². The molecule has 0 aliphatic carbocycles. The van der Waals surface area contributed by atoms with Crippen LogP contribution in [0, 0.1) is 27.7 Å². The van der Waals surface area contributed by atoms with Gasteiger partial charge in [-0.1, -0.05) is 29.8 Å². The second-order valence-electron chi connectivity index (χ2n) is 6.88. The van der Waals surface area contributed by atoms with Crippen LogP contribution in [0.5, 0.6) is 5.75 Å². The van der Waals surface area contributed by atoms with Gasteiger partial charge in [-0.25, -0.2) is 4.98 Å². The highest BCUT2D eigenvalue weighted by Crippen LogP contribution is 2.31. The number of hydrogen-bond donors (Lipinski definition) is 1. The highest BCUT2D eigenvalue weighted by Gasteiger charge is 2.17. The van der Waals surface area contributed by atoms with E-state index >= 15 is 0 Å². The molecule has 0 aliphatic rings. The van der Waals surface area contributed by atoms with Crippen molar-refractivity contribution in [3.63, 3.8) is 0 Å². The largest absolute Gasteiger partial charge is 0.481 e. The van der Waals surface area contributed by atoms with Gasteiger partial charge in [0.2, 0.25) is 0 Å². The number of aryl methyl sites for hydroxylation is 4. The molecule has 1 atom stereocenters. The molecule has 2 aromatic carbocycles. The maximum absolute atomic E-state index is 12.5. The number of thiazole rings is 1. The number of rotatable bonds is 5. The van der Waals surface area contributed by atoms with Gasteiger partial charge in [-0.3, -0.25) is 10.1 Å². The predicted octanol–water partition coefficient (Wildman–Crippen LogP) is 5.45. The Balaban J connectivity index is 1.71. The number of aromatic nitrogens is 1. The highest BCUT2D eigenvalue weighted by atomic mass is 32.1. The van der Waals surface area contributed by atoms with Crippen molar-refractivity contribution >= 4 is 22.4 Å². The van der Waals surface area contributed by atoms with Gasteiger partial charge < -0.3 is 4.74 Å². The third-order valence-corrected chi connectivity index (χ3v) is 5.10. The Bertz CT molecular complexity index is 955. The SMILES string of the molecule is Cc1cccc(O[C@@H](C)C(=O)Nc2nc(-c3c(C)cc(C)cc3C)cs2)c1. The molecule has 1 amide bonds. The van der Waals surface area contributed by atoms with Crippen LogP contribution >= 0.6 is 11.3 Å². The molecule has 140 valence electrons. The van der Waals surface area contributed by atoms with E-state index in [0.717, 1.165) is 16.8 Å². The number of benzene rings is 2. The van der Waals surface area contributed by atoms with Crippen LogP contribution in [0.2, 0.25) is 0 Å². The molecule has 0 aliphatic heterocycles. The number of amides is 1. The zero-order valence-corrected chi connectivity index (χ0v) is 17.1. The summed E-state index contributed by atoms with van der Waals surface area (Å²) in [5.41, 5.74) is 6.71. The molecule has 3 aromatic rings. The molecule has 0 radical (unpaired) electrons. The smallest absolute Gasteiger partial charge is 0.266 e. The topological polar surface area (TPSA) is 51.2 Å². The van der Waals surface area contributed by atoms with Gasteiger partial charge >= 0.3 is 0 Å². The van der Waals surface area contributed by atoms with Crippen molar-refractivity contribution in [3.05, 3.63) is 64.0 Å².